The van der Waals surface area contributed by atoms with Gasteiger partial charge in [-0.15, -0.1) is 46.3 Å². The van der Waals surface area contributed by atoms with Crippen LogP contribution in [-0.2, 0) is 4.74 Å². The van der Waals surface area contributed by atoms with Crippen LogP contribution in [0.1, 0.15) is 50.3 Å². The summed E-state index contributed by atoms with van der Waals surface area (Å²) < 4.78 is 5.43. The number of anilines is 1. The minimum atomic E-state index is -0.0899. The molecule has 2 aromatic rings. The number of rotatable bonds is 6. The molecule has 2 aliphatic rings. The molecule has 2 N–H and O–H groups in total. The van der Waals surface area contributed by atoms with Gasteiger partial charge in [0.15, 0.2) is 0 Å². The molecule has 3 heterocycles. The van der Waals surface area contributed by atoms with E-state index in [1.807, 2.05) is 6.92 Å². The van der Waals surface area contributed by atoms with Crippen LogP contribution in [0.25, 0.3) is 0 Å². The standard InChI is InChI=1S/C18H24N4O2S2.2ClH/c1-10-13(14-7-15(14)19-9-12-3-5-24-6-4-12)8-16(25-10)17(23)20-18-22-21-11(2)26-18;;/h8,12,14-15,19H,3-7,9H2,1-2H3,(H,20,22,23);2*1H/t14-,15+;;/m0../s1. The minimum absolute atomic E-state index is 0. The molecule has 10 heteroatoms. The van der Waals surface area contributed by atoms with Crippen molar-refractivity contribution < 1.29 is 9.53 Å². The molecule has 0 bridgehead atoms. The van der Waals surface area contributed by atoms with Gasteiger partial charge in [0.25, 0.3) is 5.91 Å². The predicted octanol–water partition coefficient (Wildman–Crippen LogP) is 4.18. The molecule has 0 aromatic carbocycles. The Bertz CT molecular complexity index is 792. The molecule has 0 spiro atoms. The number of thiophene rings is 1. The van der Waals surface area contributed by atoms with Gasteiger partial charge < -0.3 is 10.1 Å². The lowest BCUT2D eigenvalue weighted by atomic mass is 10.0. The number of hydrogen-bond acceptors (Lipinski definition) is 7. The minimum Gasteiger partial charge on any atom is -0.381 e. The molecule has 28 heavy (non-hydrogen) atoms. The molecule has 2 aromatic heterocycles. The first-order valence-corrected chi connectivity index (χ1v) is 10.8. The van der Waals surface area contributed by atoms with E-state index in [1.165, 1.54) is 21.8 Å². The van der Waals surface area contributed by atoms with E-state index in [0.717, 1.165) is 54.8 Å². The van der Waals surface area contributed by atoms with Crippen molar-refractivity contribution >= 4 is 58.5 Å². The molecule has 0 radical (unpaired) electrons. The second-order valence-electron chi connectivity index (χ2n) is 7.12. The average molecular weight is 465 g/mol. The number of carbonyl (C=O) groups is 1. The maximum absolute atomic E-state index is 12.5. The molecule has 1 amide bonds. The zero-order valence-electron chi connectivity index (χ0n) is 15.9. The quantitative estimate of drug-likeness (QED) is 0.669. The lowest BCUT2D eigenvalue weighted by molar-refractivity contribution is 0.0662. The third kappa shape index (κ3) is 5.64. The first-order chi connectivity index (χ1) is 12.6. The number of amides is 1. The maximum Gasteiger partial charge on any atom is 0.267 e. The Labute approximate surface area is 185 Å². The van der Waals surface area contributed by atoms with Gasteiger partial charge in [0.2, 0.25) is 5.13 Å². The Kier molecular flexibility index (Phi) is 8.66. The molecule has 1 aliphatic heterocycles. The van der Waals surface area contributed by atoms with Crippen LogP contribution in [-0.4, -0.2) is 41.9 Å². The van der Waals surface area contributed by atoms with Gasteiger partial charge in [-0.2, -0.15) is 0 Å². The summed E-state index contributed by atoms with van der Waals surface area (Å²) in [6.45, 7) is 6.87. The highest BCUT2D eigenvalue weighted by Gasteiger charge is 2.40. The smallest absolute Gasteiger partial charge is 0.267 e. The molecule has 156 valence electrons. The van der Waals surface area contributed by atoms with Gasteiger partial charge in [-0.25, -0.2) is 0 Å². The van der Waals surface area contributed by atoms with Crippen LogP contribution in [0.4, 0.5) is 5.13 Å². The summed E-state index contributed by atoms with van der Waals surface area (Å²) in [5.74, 6) is 1.19. The Hall–Kier alpha value is -0.770. The number of aryl methyl sites for hydroxylation is 2. The number of ether oxygens (including phenoxy) is 1. The summed E-state index contributed by atoms with van der Waals surface area (Å²) >= 11 is 2.96. The van der Waals surface area contributed by atoms with Crippen LogP contribution < -0.4 is 10.6 Å². The first-order valence-electron chi connectivity index (χ1n) is 9.13. The topological polar surface area (TPSA) is 76.1 Å². The monoisotopic (exact) mass is 464 g/mol. The third-order valence-corrected chi connectivity index (χ3v) is 6.95. The average Bonchev–Trinajstić information content (AvgIpc) is 3.12. The highest BCUT2D eigenvalue weighted by atomic mass is 35.5. The summed E-state index contributed by atoms with van der Waals surface area (Å²) in [5.41, 5.74) is 1.32. The van der Waals surface area contributed by atoms with E-state index in [-0.39, 0.29) is 30.7 Å². The number of halogens is 2. The highest BCUT2D eigenvalue weighted by molar-refractivity contribution is 7.16. The summed E-state index contributed by atoms with van der Waals surface area (Å²) in [5, 5.41) is 15.9. The van der Waals surface area contributed by atoms with E-state index >= 15 is 0 Å². The predicted molar refractivity (Wildman–Crippen MR) is 119 cm³/mol. The highest BCUT2D eigenvalue weighted by Crippen LogP contribution is 2.44. The molecule has 1 saturated heterocycles. The fourth-order valence-corrected chi connectivity index (χ4v) is 5.09. The van der Waals surface area contributed by atoms with Crippen molar-refractivity contribution in [1.82, 2.24) is 15.5 Å². The lowest BCUT2D eigenvalue weighted by Crippen LogP contribution is -2.29. The van der Waals surface area contributed by atoms with Crippen molar-refractivity contribution in [2.75, 3.05) is 25.1 Å². The van der Waals surface area contributed by atoms with E-state index in [2.05, 4.69) is 33.8 Å². The second kappa shape index (κ2) is 10.3. The van der Waals surface area contributed by atoms with Gasteiger partial charge in [0.05, 0.1) is 4.88 Å². The van der Waals surface area contributed by atoms with E-state index in [0.29, 0.717) is 17.1 Å². The zero-order valence-corrected chi connectivity index (χ0v) is 19.2. The van der Waals surface area contributed by atoms with Crippen molar-refractivity contribution in [3.63, 3.8) is 0 Å². The van der Waals surface area contributed by atoms with Crippen molar-refractivity contribution in [2.24, 2.45) is 5.92 Å². The SMILES string of the molecule is Cc1nnc(NC(=O)c2cc([C@@H]3C[C@H]3NCC3CCOCC3)c(C)s2)s1.Cl.Cl. The Morgan fingerprint density at radius 1 is 1.21 bits per heavy atom. The number of nitrogens with zero attached hydrogens (tertiary/aromatic N) is 2. The van der Waals surface area contributed by atoms with Gasteiger partial charge in [-0.1, -0.05) is 11.3 Å². The fraction of sp³-hybridized carbons (Fsp3) is 0.611. The third-order valence-electron chi connectivity index (χ3n) is 5.13. The first kappa shape index (κ1) is 23.5. The van der Waals surface area contributed by atoms with E-state index in [1.54, 1.807) is 11.3 Å². The molecule has 0 unspecified atom stereocenters. The van der Waals surface area contributed by atoms with Crippen molar-refractivity contribution in [3.8, 4) is 0 Å². The van der Waals surface area contributed by atoms with Crippen LogP contribution in [0.5, 0.6) is 0 Å². The Morgan fingerprint density at radius 2 is 1.96 bits per heavy atom. The molecular weight excluding hydrogens is 439 g/mol. The molecular formula is C18H26Cl2N4O2S2. The van der Waals surface area contributed by atoms with Crippen molar-refractivity contribution in [3.05, 3.63) is 26.4 Å². The summed E-state index contributed by atoms with van der Waals surface area (Å²) in [4.78, 5) is 14.4. The normalized spacial score (nSPS) is 21.5. The van der Waals surface area contributed by atoms with Crippen LogP contribution in [0.3, 0.4) is 0 Å². The van der Waals surface area contributed by atoms with Crippen LogP contribution in [0.15, 0.2) is 6.07 Å². The number of aromatic nitrogens is 2. The number of hydrogen-bond donors (Lipinski definition) is 2. The van der Waals surface area contributed by atoms with E-state index in [4.69, 9.17) is 4.74 Å². The number of carbonyl (C=O) groups excluding carboxylic acids is 1. The maximum atomic E-state index is 12.5. The molecule has 2 fully saturated rings. The second-order valence-corrected chi connectivity index (χ2v) is 9.55. The van der Waals surface area contributed by atoms with E-state index in [9.17, 15) is 4.79 Å². The molecule has 1 aliphatic carbocycles. The molecule has 4 rings (SSSR count). The summed E-state index contributed by atoms with van der Waals surface area (Å²) in [6, 6.07) is 2.61. The molecule has 6 nitrogen and oxygen atoms in total. The Morgan fingerprint density at radius 3 is 2.64 bits per heavy atom. The van der Waals surface area contributed by atoms with Gasteiger partial charge in [0, 0.05) is 30.1 Å². The van der Waals surface area contributed by atoms with Crippen molar-refractivity contribution in [1.29, 1.82) is 0 Å². The van der Waals surface area contributed by atoms with Gasteiger partial charge in [0.1, 0.15) is 5.01 Å². The largest absolute Gasteiger partial charge is 0.381 e. The van der Waals surface area contributed by atoms with Crippen molar-refractivity contribution in [2.45, 2.75) is 45.1 Å². The summed E-state index contributed by atoms with van der Waals surface area (Å²) in [7, 11) is 0. The summed E-state index contributed by atoms with van der Waals surface area (Å²) in [6.07, 6.45) is 3.49. The van der Waals surface area contributed by atoms with Gasteiger partial charge in [-0.3, -0.25) is 10.1 Å². The zero-order chi connectivity index (χ0) is 18.1. The molecule has 2 atom stereocenters. The van der Waals surface area contributed by atoms with Crippen LogP contribution in [0.2, 0.25) is 0 Å². The van der Waals surface area contributed by atoms with Crippen LogP contribution in [0, 0.1) is 19.8 Å². The lowest BCUT2D eigenvalue weighted by Gasteiger charge is -2.22. The van der Waals surface area contributed by atoms with E-state index < -0.39 is 0 Å². The Balaban J connectivity index is 0.00000140. The molecule has 1 saturated carbocycles. The van der Waals surface area contributed by atoms with Gasteiger partial charge >= 0.3 is 0 Å². The van der Waals surface area contributed by atoms with Gasteiger partial charge in [-0.05, 0) is 57.2 Å². The number of nitrogens with one attached hydrogen (secondary N) is 2. The van der Waals surface area contributed by atoms with Crippen LogP contribution >= 0.6 is 47.5 Å². The fourth-order valence-electron chi connectivity index (χ4n) is 3.51.